The highest BCUT2D eigenvalue weighted by molar-refractivity contribution is 6.29. The SMILES string of the molecule is [2H]c1c(Cl)ncc(C(=O)NN)c1Nc1cccc2c1N(C)Cc1nc(C)nn1-2. The number of nitrogens with zero attached hydrogens (tertiary/aromatic N) is 5. The quantitative estimate of drug-likeness (QED) is 0.273. The van der Waals surface area contributed by atoms with E-state index in [1.165, 1.54) is 6.20 Å². The van der Waals surface area contributed by atoms with Gasteiger partial charge in [-0.3, -0.25) is 10.2 Å². The van der Waals surface area contributed by atoms with Crippen molar-refractivity contribution in [3.05, 3.63) is 52.8 Å². The number of benzene rings is 1. The number of hydrazine groups is 1. The van der Waals surface area contributed by atoms with Crippen LogP contribution in [0, 0.1) is 6.92 Å². The van der Waals surface area contributed by atoms with E-state index in [1.807, 2.05) is 37.1 Å². The molecule has 3 aromatic rings. The molecule has 0 saturated carbocycles. The smallest absolute Gasteiger partial charge is 0.268 e. The molecule has 1 aliphatic rings. The molecule has 0 radical (unpaired) electrons. The normalized spacial score (nSPS) is 12.9. The molecule has 0 aliphatic carbocycles. The maximum absolute atomic E-state index is 12.1. The van der Waals surface area contributed by atoms with Gasteiger partial charge in [0.1, 0.15) is 11.0 Å². The Kier molecular flexibility index (Phi) is 3.88. The van der Waals surface area contributed by atoms with Gasteiger partial charge in [0.05, 0.1) is 36.2 Å². The van der Waals surface area contributed by atoms with Gasteiger partial charge in [-0.25, -0.2) is 20.5 Å². The molecule has 138 valence electrons. The second-order valence-electron chi connectivity index (χ2n) is 6.08. The Balaban J connectivity index is 1.86. The summed E-state index contributed by atoms with van der Waals surface area (Å²) in [5.74, 6) is 6.21. The van der Waals surface area contributed by atoms with Gasteiger partial charge in [0.15, 0.2) is 5.82 Å². The summed E-state index contributed by atoms with van der Waals surface area (Å²) in [5, 5.41) is 7.61. The standard InChI is InChI=1S/C17H17ClN8O/c1-9-21-15-8-25(2)16-11(4-3-5-13(16)26(15)24-9)22-12-6-14(18)20-7-10(12)17(27)23-19/h3-7H,8,19H2,1-2H3,(H,20,22)(H,23,27)/i6D. The fourth-order valence-electron chi connectivity index (χ4n) is 3.12. The summed E-state index contributed by atoms with van der Waals surface area (Å²) in [7, 11) is 1.94. The predicted molar refractivity (Wildman–Crippen MR) is 102 cm³/mol. The van der Waals surface area contributed by atoms with Crippen LogP contribution < -0.4 is 21.5 Å². The van der Waals surface area contributed by atoms with Gasteiger partial charge in [-0.2, -0.15) is 5.10 Å². The van der Waals surface area contributed by atoms with Gasteiger partial charge in [0.2, 0.25) is 0 Å². The number of para-hydroxylation sites is 1. The third-order valence-corrected chi connectivity index (χ3v) is 4.42. The third kappa shape index (κ3) is 2.96. The van der Waals surface area contributed by atoms with Crippen molar-refractivity contribution in [2.24, 2.45) is 5.84 Å². The monoisotopic (exact) mass is 385 g/mol. The van der Waals surface area contributed by atoms with Gasteiger partial charge < -0.3 is 10.2 Å². The number of halogens is 1. The maximum atomic E-state index is 12.1. The molecule has 1 aromatic carbocycles. The van der Waals surface area contributed by atoms with E-state index in [0.29, 0.717) is 18.1 Å². The number of hydrogen-bond acceptors (Lipinski definition) is 7. The van der Waals surface area contributed by atoms with Crippen molar-refractivity contribution in [1.82, 2.24) is 25.2 Å². The molecule has 1 aliphatic heterocycles. The number of nitrogen functional groups attached to an aromatic ring is 1. The molecule has 3 heterocycles. The van der Waals surface area contributed by atoms with Crippen molar-refractivity contribution in [1.29, 1.82) is 0 Å². The molecule has 2 aromatic heterocycles. The van der Waals surface area contributed by atoms with Crippen molar-refractivity contribution < 1.29 is 6.17 Å². The van der Waals surface area contributed by atoms with Crippen molar-refractivity contribution >= 4 is 34.6 Å². The van der Waals surface area contributed by atoms with Gasteiger partial charge in [-0.05, 0) is 25.1 Å². The van der Waals surface area contributed by atoms with E-state index in [-0.39, 0.29) is 22.4 Å². The van der Waals surface area contributed by atoms with Crippen LogP contribution >= 0.6 is 11.6 Å². The molecule has 27 heavy (non-hydrogen) atoms. The van der Waals surface area contributed by atoms with Crippen LogP contribution in [0.2, 0.25) is 5.15 Å². The van der Waals surface area contributed by atoms with Crippen molar-refractivity contribution in [2.45, 2.75) is 13.5 Å². The summed E-state index contributed by atoms with van der Waals surface area (Å²) < 4.78 is 10.0. The number of anilines is 3. The number of rotatable bonds is 3. The number of nitrogens with one attached hydrogen (secondary N) is 2. The Labute approximate surface area is 161 Å². The molecule has 0 spiro atoms. The lowest BCUT2D eigenvalue weighted by atomic mass is 10.1. The number of amides is 1. The van der Waals surface area contributed by atoms with Crippen molar-refractivity contribution in [3.8, 4) is 5.69 Å². The highest BCUT2D eigenvalue weighted by atomic mass is 35.5. The van der Waals surface area contributed by atoms with Crippen LogP contribution in [0.25, 0.3) is 5.69 Å². The molecular weight excluding hydrogens is 368 g/mol. The largest absolute Gasteiger partial charge is 0.364 e. The van der Waals surface area contributed by atoms with E-state index in [9.17, 15) is 4.79 Å². The Hall–Kier alpha value is -3.17. The fourth-order valence-corrected chi connectivity index (χ4v) is 3.26. The van der Waals surface area contributed by atoms with Gasteiger partial charge >= 0.3 is 0 Å². The van der Waals surface area contributed by atoms with Gasteiger partial charge in [-0.1, -0.05) is 17.7 Å². The lowest BCUT2D eigenvalue weighted by Gasteiger charge is -2.30. The predicted octanol–water partition coefficient (Wildman–Crippen LogP) is 1.92. The van der Waals surface area contributed by atoms with Crippen molar-refractivity contribution in [2.75, 3.05) is 17.3 Å². The molecule has 0 unspecified atom stereocenters. The number of nitrogens with two attached hydrogens (primary N) is 1. The van der Waals surface area contributed by atoms with E-state index < -0.39 is 5.91 Å². The molecule has 4 rings (SSSR count). The van der Waals surface area contributed by atoms with E-state index in [0.717, 1.165) is 17.2 Å². The van der Waals surface area contributed by atoms with E-state index in [2.05, 4.69) is 25.8 Å². The number of fused-ring (bicyclic) bond motifs is 3. The summed E-state index contributed by atoms with van der Waals surface area (Å²) in [5.41, 5.74) is 4.77. The topological polar surface area (TPSA) is 114 Å². The van der Waals surface area contributed by atoms with Crippen LogP contribution in [0.5, 0.6) is 0 Å². The first kappa shape index (κ1) is 16.0. The fraction of sp³-hybridized carbons (Fsp3) is 0.176. The lowest BCUT2D eigenvalue weighted by Crippen LogP contribution is -2.31. The van der Waals surface area contributed by atoms with Crippen LogP contribution in [0.4, 0.5) is 17.1 Å². The molecule has 10 heteroatoms. The zero-order valence-electron chi connectivity index (χ0n) is 15.6. The number of carbonyl (C=O) groups excluding carboxylic acids is 1. The minimum Gasteiger partial charge on any atom is -0.364 e. The van der Waals surface area contributed by atoms with E-state index in [4.69, 9.17) is 18.8 Å². The molecule has 1 amide bonds. The second-order valence-corrected chi connectivity index (χ2v) is 6.44. The Morgan fingerprint density at radius 2 is 2.22 bits per heavy atom. The summed E-state index contributed by atoms with van der Waals surface area (Å²) in [6.07, 6.45) is 1.28. The van der Waals surface area contributed by atoms with Crippen LogP contribution in [0.15, 0.2) is 30.4 Å². The van der Waals surface area contributed by atoms with Crippen LogP contribution in [-0.2, 0) is 6.54 Å². The van der Waals surface area contributed by atoms with Gasteiger partial charge in [0, 0.05) is 13.2 Å². The lowest BCUT2D eigenvalue weighted by molar-refractivity contribution is 0.0954. The number of carbonyl (C=O) groups is 1. The summed E-state index contributed by atoms with van der Waals surface area (Å²) in [4.78, 5) is 22.5. The molecular formula is C17H17ClN8O. The Bertz CT molecular complexity index is 1100. The average molecular weight is 386 g/mol. The molecule has 0 atom stereocenters. The molecule has 0 fully saturated rings. The summed E-state index contributed by atoms with van der Waals surface area (Å²) in [6.45, 7) is 2.41. The Morgan fingerprint density at radius 3 is 3.00 bits per heavy atom. The molecule has 0 bridgehead atoms. The molecule has 9 nitrogen and oxygen atoms in total. The maximum Gasteiger partial charge on any atom is 0.268 e. The van der Waals surface area contributed by atoms with Crippen molar-refractivity contribution in [3.63, 3.8) is 0 Å². The number of pyridine rings is 1. The van der Waals surface area contributed by atoms with Crippen LogP contribution in [0.1, 0.15) is 23.4 Å². The number of hydrogen-bond donors (Lipinski definition) is 3. The van der Waals surface area contributed by atoms with Crippen LogP contribution in [-0.4, -0.2) is 32.7 Å². The zero-order chi connectivity index (χ0) is 20.0. The first-order valence-corrected chi connectivity index (χ1v) is 8.48. The van der Waals surface area contributed by atoms with Gasteiger partial charge in [0.25, 0.3) is 5.91 Å². The molecule has 0 saturated heterocycles. The first-order valence-electron chi connectivity index (χ1n) is 8.60. The number of aryl methyl sites for hydroxylation is 1. The second kappa shape index (κ2) is 6.53. The molecule has 4 N–H and O–H groups in total. The van der Waals surface area contributed by atoms with E-state index >= 15 is 0 Å². The minimum absolute atomic E-state index is 0.0246. The van der Waals surface area contributed by atoms with Crippen LogP contribution in [0.3, 0.4) is 0 Å². The highest BCUT2D eigenvalue weighted by Crippen LogP contribution is 2.38. The highest BCUT2D eigenvalue weighted by Gasteiger charge is 2.25. The Morgan fingerprint density at radius 1 is 1.41 bits per heavy atom. The third-order valence-electron chi connectivity index (χ3n) is 4.22. The first-order chi connectivity index (χ1) is 13.4. The minimum atomic E-state index is -0.576. The number of aromatic nitrogens is 4. The zero-order valence-corrected chi connectivity index (χ0v) is 15.4. The summed E-state index contributed by atoms with van der Waals surface area (Å²) in [6, 6.07) is 5.54. The van der Waals surface area contributed by atoms with Gasteiger partial charge in [-0.15, -0.1) is 0 Å². The average Bonchev–Trinajstić information content (AvgIpc) is 3.05. The van der Waals surface area contributed by atoms with E-state index in [1.54, 1.807) is 4.68 Å². The summed E-state index contributed by atoms with van der Waals surface area (Å²) >= 11 is 6.01.